The van der Waals surface area contributed by atoms with Crippen LogP contribution in [0.2, 0.25) is 0 Å². The van der Waals surface area contributed by atoms with Crippen LogP contribution in [0.1, 0.15) is 11.1 Å². The van der Waals surface area contributed by atoms with Crippen molar-refractivity contribution in [1.29, 1.82) is 0 Å². The fourth-order valence-corrected chi connectivity index (χ4v) is 3.08. The molecule has 0 unspecified atom stereocenters. The second-order valence-electron chi connectivity index (χ2n) is 4.58. The normalized spacial score (nSPS) is 13.7. The number of anilines is 2. The third-order valence-corrected chi connectivity index (χ3v) is 4.21. The third kappa shape index (κ3) is 2.37. The Bertz CT molecular complexity index is 630. The van der Waals surface area contributed by atoms with Gasteiger partial charge in [-0.1, -0.05) is 28.1 Å². The zero-order valence-corrected chi connectivity index (χ0v) is 12.5. The van der Waals surface area contributed by atoms with Crippen molar-refractivity contribution < 1.29 is 4.39 Å². The monoisotopic (exact) mass is 339 g/mol. The van der Waals surface area contributed by atoms with Crippen molar-refractivity contribution in [2.75, 3.05) is 11.4 Å². The fourth-order valence-electron chi connectivity index (χ4n) is 2.50. The first kappa shape index (κ1) is 12.9. The van der Waals surface area contributed by atoms with Gasteiger partial charge < -0.3 is 4.90 Å². The van der Waals surface area contributed by atoms with Crippen LogP contribution in [0, 0.1) is 5.82 Å². The fraction of sp³-hybridized carbons (Fsp3) is 0.200. The molecule has 19 heavy (non-hydrogen) atoms. The summed E-state index contributed by atoms with van der Waals surface area (Å²) in [5.74, 6) is 0.247. The molecule has 0 spiro atoms. The van der Waals surface area contributed by atoms with Crippen LogP contribution < -0.4 is 4.90 Å². The first-order chi connectivity index (χ1) is 9.19. The summed E-state index contributed by atoms with van der Waals surface area (Å²) in [6.07, 6.45) is 0.934. The van der Waals surface area contributed by atoms with Crippen molar-refractivity contribution in [2.24, 2.45) is 0 Å². The highest BCUT2D eigenvalue weighted by Crippen LogP contribution is 2.38. The first-order valence-electron chi connectivity index (χ1n) is 6.09. The average molecular weight is 341 g/mol. The van der Waals surface area contributed by atoms with Crippen LogP contribution in [-0.4, -0.2) is 6.54 Å². The van der Waals surface area contributed by atoms with Crippen LogP contribution in [-0.2, 0) is 12.3 Å². The number of halogens is 3. The van der Waals surface area contributed by atoms with Gasteiger partial charge in [-0.15, -0.1) is 11.6 Å². The molecule has 1 aliphatic rings. The van der Waals surface area contributed by atoms with Crippen molar-refractivity contribution in [2.45, 2.75) is 12.3 Å². The third-order valence-electron chi connectivity index (χ3n) is 3.42. The first-order valence-corrected chi connectivity index (χ1v) is 7.42. The molecule has 0 fully saturated rings. The second kappa shape index (κ2) is 5.14. The van der Waals surface area contributed by atoms with E-state index in [1.807, 2.05) is 24.3 Å². The molecule has 0 N–H and O–H groups in total. The van der Waals surface area contributed by atoms with E-state index in [9.17, 15) is 4.39 Å². The van der Waals surface area contributed by atoms with Crippen LogP contribution in [0.3, 0.4) is 0 Å². The molecule has 98 valence electrons. The van der Waals surface area contributed by atoms with Crippen LogP contribution in [0.15, 0.2) is 40.9 Å². The van der Waals surface area contributed by atoms with Gasteiger partial charge >= 0.3 is 0 Å². The maximum Gasteiger partial charge on any atom is 0.125 e. The lowest BCUT2D eigenvalue weighted by atomic mass is 10.1. The molecule has 0 radical (unpaired) electrons. The number of fused-ring (bicyclic) bond motifs is 1. The molecule has 1 nitrogen and oxygen atoms in total. The summed E-state index contributed by atoms with van der Waals surface area (Å²) in [5.41, 5.74) is 4.24. The van der Waals surface area contributed by atoms with Crippen molar-refractivity contribution in [1.82, 2.24) is 0 Å². The Morgan fingerprint density at radius 3 is 2.79 bits per heavy atom. The van der Waals surface area contributed by atoms with Crippen LogP contribution >= 0.6 is 27.5 Å². The van der Waals surface area contributed by atoms with E-state index < -0.39 is 0 Å². The molecule has 0 amide bonds. The highest BCUT2D eigenvalue weighted by molar-refractivity contribution is 9.10. The van der Waals surface area contributed by atoms with Crippen molar-refractivity contribution in [3.63, 3.8) is 0 Å². The van der Waals surface area contributed by atoms with Gasteiger partial charge in [0.1, 0.15) is 5.82 Å². The smallest absolute Gasteiger partial charge is 0.125 e. The van der Waals surface area contributed by atoms with E-state index in [1.165, 1.54) is 11.6 Å². The molecule has 0 aliphatic carbocycles. The van der Waals surface area contributed by atoms with Gasteiger partial charge in [-0.2, -0.15) is 0 Å². The lowest BCUT2D eigenvalue weighted by Gasteiger charge is -2.22. The lowest BCUT2D eigenvalue weighted by molar-refractivity contribution is 0.628. The van der Waals surface area contributed by atoms with E-state index in [1.54, 1.807) is 6.07 Å². The van der Waals surface area contributed by atoms with Gasteiger partial charge in [0.2, 0.25) is 0 Å². The summed E-state index contributed by atoms with van der Waals surface area (Å²) in [6, 6.07) is 11.0. The number of nitrogens with zero attached hydrogens (tertiary/aromatic N) is 1. The Labute approximate surface area is 125 Å². The minimum Gasteiger partial charge on any atom is -0.341 e. The molecule has 1 aliphatic heterocycles. The average Bonchev–Trinajstić information content (AvgIpc) is 2.81. The Morgan fingerprint density at radius 1 is 1.16 bits per heavy atom. The summed E-state index contributed by atoms with van der Waals surface area (Å²) in [7, 11) is 0. The van der Waals surface area contributed by atoms with Crippen molar-refractivity contribution in [3.05, 3.63) is 57.8 Å². The van der Waals surface area contributed by atoms with Gasteiger partial charge in [0.25, 0.3) is 0 Å². The zero-order chi connectivity index (χ0) is 13.4. The topological polar surface area (TPSA) is 3.24 Å². The molecule has 0 saturated heterocycles. The predicted octanol–water partition coefficient (Wildman–Crippen LogP) is 5.02. The molecule has 0 aromatic heterocycles. The maximum atomic E-state index is 13.5. The van der Waals surface area contributed by atoms with E-state index >= 15 is 0 Å². The summed E-state index contributed by atoms with van der Waals surface area (Å²) in [4.78, 5) is 2.14. The zero-order valence-electron chi connectivity index (χ0n) is 10.2. The van der Waals surface area contributed by atoms with Crippen molar-refractivity contribution >= 4 is 38.9 Å². The Kier molecular flexibility index (Phi) is 3.50. The summed E-state index contributed by atoms with van der Waals surface area (Å²) >= 11 is 9.49. The van der Waals surface area contributed by atoms with Gasteiger partial charge in [0.05, 0.1) is 0 Å². The van der Waals surface area contributed by atoms with E-state index in [0.717, 1.165) is 34.4 Å². The molecule has 0 bridgehead atoms. The number of hydrogen-bond acceptors (Lipinski definition) is 1. The van der Waals surface area contributed by atoms with Gasteiger partial charge in [0, 0.05) is 28.3 Å². The Morgan fingerprint density at radius 2 is 2.00 bits per heavy atom. The number of alkyl halides is 1. The van der Waals surface area contributed by atoms with Gasteiger partial charge in [-0.25, -0.2) is 4.39 Å². The lowest BCUT2D eigenvalue weighted by Crippen LogP contribution is -2.15. The highest BCUT2D eigenvalue weighted by Gasteiger charge is 2.22. The minimum atomic E-state index is -0.201. The van der Waals surface area contributed by atoms with Gasteiger partial charge in [0.15, 0.2) is 0 Å². The maximum absolute atomic E-state index is 13.5. The summed E-state index contributed by atoms with van der Waals surface area (Å²) in [6.45, 7) is 0.860. The predicted molar refractivity (Wildman–Crippen MR) is 80.8 cm³/mol. The molecule has 2 aromatic rings. The van der Waals surface area contributed by atoms with Gasteiger partial charge in [-0.3, -0.25) is 0 Å². The standard InChI is InChI=1S/C15H12BrClFN/c16-12-3-1-11(9-17)14(7-12)19-6-5-10-2-4-13(18)8-15(10)19/h1-4,7-8H,5-6,9H2. The molecular formula is C15H12BrClFN. The quantitative estimate of drug-likeness (QED) is 0.694. The number of hydrogen-bond donors (Lipinski definition) is 0. The summed E-state index contributed by atoms with van der Waals surface area (Å²) in [5, 5.41) is 0. The highest BCUT2D eigenvalue weighted by atomic mass is 79.9. The van der Waals surface area contributed by atoms with Crippen LogP contribution in [0.4, 0.5) is 15.8 Å². The van der Waals surface area contributed by atoms with Crippen LogP contribution in [0.5, 0.6) is 0 Å². The molecular weight excluding hydrogens is 329 g/mol. The van der Waals surface area contributed by atoms with Gasteiger partial charge in [-0.05, 0) is 41.8 Å². The molecule has 2 aromatic carbocycles. The van der Waals surface area contributed by atoms with Crippen LogP contribution in [0.25, 0.3) is 0 Å². The summed E-state index contributed by atoms with van der Waals surface area (Å²) < 4.78 is 14.5. The molecule has 4 heteroatoms. The number of benzene rings is 2. The van der Waals surface area contributed by atoms with E-state index in [-0.39, 0.29) is 5.82 Å². The molecule has 1 heterocycles. The van der Waals surface area contributed by atoms with E-state index in [4.69, 9.17) is 11.6 Å². The Balaban J connectivity index is 2.10. The minimum absolute atomic E-state index is 0.201. The van der Waals surface area contributed by atoms with E-state index in [0.29, 0.717) is 5.88 Å². The Hall–Kier alpha value is -1.06. The number of rotatable bonds is 2. The van der Waals surface area contributed by atoms with Crippen molar-refractivity contribution in [3.8, 4) is 0 Å². The SMILES string of the molecule is Fc1ccc2c(c1)N(c1cc(Br)ccc1CCl)CC2. The molecule has 0 saturated carbocycles. The van der Waals surface area contributed by atoms with E-state index in [2.05, 4.69) is 20.8 Å². The molecule has 3 rings (SSSR count). The largest absolute Gasteiger partial charge is 0.341 e. The molecule has 0 atom stereocenters. The second-order valence-corrected chi connectivity index (χ2v) is 5.76.